The van der Waals surface area contributed by atoms with Crippen molar-refractivity contribution in [3.63, 3.8) is 0 Å². The normalized spacial score (nSPS) is 45.0. The van der Waals surface area contributed by atoms with Gasteiger partial charge in [-0.2, -0.15) is 11.8 Å². The van der Waals surface area contributed by atoms with Crippen LogP contribution in [0.2, 0.25) is 0 Å². The maximum absolute atomic E-state index is 3.49. The highest BCUT2D eigenvalue weighted by molar-refractivity contribution is 7.99. The summed E-state index contributed by atoms with van der Waals surface area (Å²) in [6.07, 6.45) is 4.33. The molecule has 0 aromatic rings. The molecule has 2 aliphatic rings. The van der Waals surface area contributed by atoms with E-state index < -0.39 is 0 Å². The Bertz CT molecular complexity index is 140. The third-order valence-electron chi connectivity index (χ3n) is 3.09. The van der Waals surface area contributed by atoms with Crippen LogP contribution in [0.5, 0.6) is 0 Å². The summed E-state index contributed by atoms with van der Waals surface area (Å²) < 4.78 is 0. The Kier molecular flexibility index (Phi) is 2.15. The summed E-state index contributed by atoms with van der Waals surface area (Å²) >= 11 is 2.15. The molecule has 1 nitrogen and oxygen atoms in total. The molecule has 1 N–H and O–H groups in total. The molecule has 1 spiro atoms. The van der Waals surface area contributed by atoms with Gasteiger partial charge < -0.3 is 5.32 Å². The zero-order chi connectivity index (χ0) is 7.73. The standard InChI is InChI=1S/C9H17NS/c1-8-6-9(3-5-11-8)2-4-10-7-9/h8,10H,2-7H2,1H3. The molecule has 2 fully saturated rings. The second-order valence-corrected chi connectivity index (χ2v) is 5.61. The molecule has 64 valence electrons. The van der Waals surface area contributed by atoms with Crippen LogP contribution < -0.4 is 5.32 Å². The van der Waals surface area contributed by atoms with Crippen LogP contribution in [0.25, 0.3) is 0 Å². The van der Waals surface area contributed by atoms with Crippen molar-refractivity contribution in [2.45, 2.75) is 31.4 Å². The van der Waals surface area contributed by atoms with Crippen LogP contribution in [0.3, 0.4) is 0 Å². The molecule has 11 heavy (non-hydrogen) atoms. The maximum Gasteiger partial charge on any atom is 0.00244 e. The van der Waals surface area contributed by atoms with Gasteiger partial charge in [0.2, 0.25) is 0 Å². The van der Waals surface area contributed by atoms with Crippen LogP contribution >= 0.6 is 11.8 Å². The fourth-order valence-corrected chi connectivity index (χ4v) is 3.86. The Morgan fingerprint density at radius 1 is 1.45 bits per heavy atom. The molecule has 2 unspecified atom stereocenters. The van der Waals surface area contributed by atoms with Gasteiger partial charge in [0.15, 0.2) is 0 Å². The highest BCUT2D eigenvalue weighted by Crippen LogP contribution is 2.42. The molecule has 0 aromatic carbocycles. The van der Waals surface area contributed by atoms with Crippen molar-refractivity contribution in [1.82, 2.24) is 5.32 Å². The van der Waals surface area contributed by atoms with Crippen molar-refractivity contribution >= 4 is 11.8 Å². The molecule has 0 bridgehead atoms. The number of hydrogen-bond donors (Lipinski definition) is 1. The summed E-state index contributed by atoms with van der Waals surface area (Å²) in [6, 6.07) is 0. The Balaban J connectivity index is 2.00. The van der Waals surface area contributed by atoms with E-state index in [1.807, 2.05) is 0 Å². The fourth-order valence-electron chi connectivity index (χ4n) is 2.43. The van der Waals surface area contributed by atoms with Crippen molar-refractivity contribution in [3.8, 4) is 0 Å². The number of rotatable bonds is 0. The van der Waals surface area contributed by atoms with Crippen molar-refractivity contribution in [2.24, 2.45) is 5.41 Å². The van der Waals surface area contributed by atoms with E-state index in [1.165, 1.54) is 38.1 Å². The Morgan fingerprint density at radius 3 is 3.00 bits per heavy atom. The topological polar surface area (TPSA) is 12.0 Å². The van der Waals surface area contributed by atoms with Gasteiger partial charge in [-0.05, 0) is 37.0 Å². The average molecular weight is 171 g/mol. The van der Waals surface area contributed by atoms with E-state index in [9.17, 15) is 0 Å². The Labute approximate surface area is 73.3 Å². The molecular formula is C9H17NS. The second-order valence-electron chi connectivity index (χ2n) is 4.06. The lowest BCUT2D eigenvalue weighted by Gasteiger charge is -2.35. The second kappa shape index (κ2) is 2.98. The molecule has 0 aliphatic carbocycles. The minimum absolute atomic E-state index is 0.713. The molecule has 2 saturated heterocycles. The largest absolute Gasteiger partial charge is 0.316 e. The molecule has 2 heteroatoms. The molecule has 0 saturated carbocycles. The summed E-state index contributed by atoms with van der Waals surface area (Å²) in [5.41, 5.74) is 0.713. The highest BCUT2D eigenvalue weighted by atomic mass is 32.2. The van der Waals surface area contributed by atoms with Crippen molar-refractivity contribution in [2.75, 3.05) is 18.8 Å². The summed E-state index contributed by atoms with van der Waals surface area (Å²) in [6.45, 7) is 4.93. The lowest BCUT2D eigenvalue weighted by atomic mass is 9.79. The number of nitrogens with one attached hydrogen (secondary N) is 1. The van der Waals surface area contributed by atoms with Gasteiger partial charge in [0.1, 0.15) is 0 Å². The van der Waals surface area contributed by atoms with Gasteiger partial charge in [0.25, 0.3) is 0 Å². The van der Waals surface area contributed by atoms with Gasteiger partial charge in [-0.25, -0.2) is 0 Å². The minimum atomic E-state index is 0.713. The van der Waals surface area contributed by atoms with Crippen molar-refractivity contribution in [1.29, 1.82) is 0 Å². The highest BCUT2D eigenvalue weighted by Gasteiger charge is 2.37. The third-order valence-corrected chi connectivity index (χ3v) is 4.26. The smallest absolute Gasteiger partial charge is 0.00244 e. The summed E-state index contributed by atoms with van der Waals surface area (Å²) in [7, 11) is 0. The summed E-state index contributed by atoms with van der Waals surface area (Å²) in [5, 5.41) is 4.40. The molecule has 0 aromatic heterocycles. The van der Waals surface area contributed by atoms with Gasteiger partial charge in [-0.1, -0.05) is 6.92 Å². The molecular weight excluding hydrogens is 154 g/mol. The van der Waals surface area contributed by atoms with E-state index in [4.69, 9.17) is 0 Å². The quantitative estimate of drug-likeness (QED) is 0.597. The lowest BCUT2D eigenvalue weighted by Crippen LogP contribution is -2.31. The molecule has 2 heterocycles. The predicted octanol–water partition coefficient (Wildman–Crippen LogP) is 1.88. The first kappa shape index (κ1) is 7.93. The molecule has 0 amide bonds. The van der Waals surface area contributed by atoms with Crippen LogP contribution in [-0.4, -0.2) is 24.1 Å². The van der Waals surface area contributed by atoms with Crippen molar-refractivity contribution in [3.05, 3.63) is 0 Å². The molecule has 2 atom stereocenters. The summed E-state index contributed by atoms with van der Waals surface area (Å²) in [4.78, 5) is 0. The van der Waals surface area contributed by atoms with Gasteiger partial charge >= 0.3 is 0 Å². The van der Waals surface area contributed by atoms with Crippen molar-refractivity contribution < 1.29 is 0 Å². The van der Waals surface area contributed by atoms with Gasteiger partial charge in [-0.3, -0.25) is 0 Å². The van der Waals surface area contributed by atoms with E-state index in [0.29, 0.717) is 5.41 Å². The fraction of sp³-hybridized carbons (Fsp3) is 1.00. The summed E-state index contributed by atoms with van der Waals surface area (Å²) in [5.74, 6) is 1.39. The first-order valence-electron chi connectivity index (χ1n) is 4.63. The zero-order valence-corrected chi connectivity index (χ0v) is 8.04. The maximum atomic E-state index is 3.49. The van der Waals surface area contributed by atoms with Crippen LogP contribution in [-0.2, 0) is 0 Å². The van der Waals surface area contributed by atoms with Gasteiger partial charge in [0, 0.05) is 11.8 Å². The van der Waals surface area contributed by atoms with Crippen LogP contribution in [0.15, 0.2) is 0 Å². The van der Waals surface area contributed by atoms with E-state index in [0.717, 1.165) is 5.25 Å². The Hall–Kier alpha value is 0.310. The van der Waals surface area contributed by atoms with E-state index in [1.54, 1.807) is 0 Å². The SMILES string of the molecule is CC1CC2(CCNC2)CCS1. The molecule has 0 radical (unpaired) electrons. The van der Waals surface area contributed by atoms with E-state index >= 15 is 0 Å². The zero-order valence-electron chi connectivity index (χ0n) is 7.23. The number of thioether (sulfide) groups is 1. The molecule has 2 rings (SSSR count). The van der Waals surface area contributed by atoms with E-state index in [2.05, 4.69) is 24.0 Å². The predicted molar refractivity (Wildman–Crippen MR) is 51.1 cm³/mol. The van der Waals surface area contributed by atoms with Crippen LogP contribution in [0.4, 0.5) is 0 Å². The van der Waals surface area contributed by atoms with Gasteiger partial charge in [-0.15, -0.1) is 0 Å². The third kappa shape index (κ3) is 1.57. The lowest BCUT2D eigenvalue weighted by molar-refractivity contribution is 0.278. The Morgan fingerprint density at radius 2 is 2.36 bits per heavy atom. The van der Waals surface area contributed by atoms with Crippen LogP contribution in [0, 0.1) is 5.41 Å². The van der Waals surface area contributed by atoms with Crippen LogP contribution in [0.1, 0.15) is 26.2 Å². The van der Waals surface area contributed by atoms with E-state index in [-0.39, 0.29) is 0 Å². The first-order valence-corrected chi connectivity index (χ1v) is 5.68. The van der Waals surface area contributed by atoms with Gasteiger partial charge in [0.05, 0.1) is 0 Å². The number of hydrogen-bond acceptors (Lipinski definition) is 2. The minimum Gasteiger partial charge on any atom is -0.316 e. The first-order chi connectivity index (χ1) is 5.31. The monoisotopic (exact) mass is 171 g/mol. The average Bonchev–Trinajstić information content (AvgIpc) is 2.37. The molecule has 2 aliphatic heterocycles.